The standard InChI is InChI=1S/C14H15F2NO3/c1-7-5-9(11(16)6-10(7)15)13(18)17-12-4-2-3-8(12)14(19)20/h5-6,8,12H,2-4H2,1H3,(H,17,18)(H,19,20). The summed E-state index contributed by atoms with van der Waals surface area (Å²) in [6.45, 7) is 1.43. The highest BCUT2D eigenvalue weighted by atomic mass is 19.1. The summed E-state index contributed by atoms with van der Waals surface area (Å²) in [5.74, 6) is -3.99. The summed E-state index contributed by atoms with van der Waals surface area (Å²) in [7, 11) is 0. The molecule has 1 fully saturated rings. The van der Waals surface area contributed by atoms with E-state index in [0.29, 0.717) is 25.3 Å². The summed E-state index contributed by atoms with van der Waals surface area (Å²) in [6, 6.07) is 1.28. The maximum atomic E-state index is 13.6. The highest BCUT2D eigenvalue weighted by Gasteiger charge is 2.34. The fraction of sp³-hybridized carbons (Fsp3) is 0.429. The zero-order chi connectivity index (χ0) is 14.9. The van der Waals surface area contributed by atoms with E-state index in [1.807, 2.05) is 0 Å². The van der Waals surface area contributed by atoms with Gasteiger partial charge >= 0.3 is 5.97 Å². The maximum absolute atomic E-state index is 13.6. The summed E-state index contributed by atoms with van der Waals surface area (Å²) < 4.78 is 26.7. The van der Waals surface area contributed by atoms with Crippen molar-refractivity contribution >= 4 is 11.9 Å². The number of halogens is 2. The number of benzene rings is 1. The van der Waals surface area contributed by atoms with Gasteiger partial charge in [0.05, 0.1) is 11.5 Å². The van der Waals surface area contributed by atoms with E-state index in [-0.39, 0.29) is 11.1 Å². The van der Waals surface area contributed by atoms with Gasteiger partial charge in [-0.25, -0.2) is 8.78 Å². The summed E-state index contributed by atoms with van der Waals surface area (Å²) in [6.07, 6.45) is 1.74. The Balaban J connectivity index is 2.16. The molecule has 1 amide bonds. The Morgan fingerprint density at radius 3 is 2.60 bits per heavy atom. The zero-order valence-electron chi connectivity index (χ0n) is 11.0. The zero-order valence-corrected chi connectivity index (χ0v) is 11.0. The number of carboxylic acid groups (broad SMARTS) is 1. The highest BCUT2D eigenvalue weighted by Crippen LogP contribution is 2.26. The van der Waals surface area contributed by atoms with Crippen LogP contribution in [0.2, 0.25) is 0 Å². The van der Waals surface area contributed by atoms with Crippen molar-refractivity contribution in [2.75, 3.05) is 0 Å². The minimum Gasteiger partial charge on any atom is -0.481 e. The van der Waals surface area contributed by atoms with E-state index in [2.05, 4.69) is 5.32 Å². The lowest BCUT2D eigenvalue weighted by Gasteiger charge is -2.18. The normalized spacial score (nSPS) is 21.8. The number of carbonyl (C=O) groups is 2. The summed E-state index contributed by atoms with van der Waals surface area (Å²) in [4.78, 5) is 23.0. The minimum absolute atomic E-state index is 0.165. The molecule has 0 aliphatic heterocycles. The molecule has 2 rings (SSSR count). The fourth-order valence-electron chi connectivity index (χ4n) is 2.51. The van der Waals surface area contributed by atoms with Crippen molar-refractivity contribution in [3.05, 3.63) is 34.9 Å². The molecule has 0 bridgehead atoms. The molecule has 20 heavy (non-hydrogen) atoms. The average Bonchev–Trinajstić information content (AvgIpc) is 2.81. The second-order valence-electron chi connectivity index (χ2n) is 5.04. The number of carbonyl (C=O) groups excluding carboxylic acids is 1. The summed E-state index contributed by atoms with van der Waals surface area (Å²) >= 11 is 0. The second kappa shape index (κ2) is 5.56. The first-order valence-corrected chi connectivity index (χ1v) is 6.39. The van der Waals surface area contributed by atoms with Gasteiger partial charge in [-0.05, 0) is 31.4 Å². The van der Waals surface area contributed by atoms with Gasteiger partial charge < -0.3 is 10.4 Å². The Hall–Kier alpha value is -1.98. The summed E-state index contributed by atoms with van der Waals surface area (Å²) in [5, 5.41) is 11.6. The van der Waals surface area contributed by atoms with Crippen molar-refractivity contribution in [3.63, 3.8) is 0 Å². The predicted molar refractivity (Wildman–Crippen MR) is 67.3 cm³/mol. The van der Waals surface area contributed by atoms with Crippen molar-refractivity contribution < 1.29 is 23.5 Å². The maximum Gasteiger partial charge on any atom is 0.308 e. The molecule has 108 valence electrons. The van der Waals surface area contributed by atoms with E-state index < -0.39 is 35.5 Å². The second-order valence-corrected chi connectivity index (χ2v) is 5.04. The number of hydrogen-bond donors (Lipinski definition) is 2. The third kappa shape index (κ3) is 2.79. The lowest BCUT2D eigenvalue weighted by molar-refractivity contribution is -0.142. The quantitative estimate of drug-likeness (QED) is 0.894. The Morgan fingerprint density at radius 1 is 1.25 bits per heavy atom. The first kappa shape index (κ1) is 14.4. The number of rotatable bonds is 3. The van der Waals surface area contributed by atoms with Crippen LogP contribution in [0.3, 0.4) is 0 Å². The van der Waals surface area contributed by atoms with Crippen LogP contribution in [0.25, 0.3) is 0 Å². The largest absolute Gasteiger partial charge is 0.481 e. The number of carboxylic acids is 1. The molecule has 2 atom stereocenters. The van der Waals surface area contributed by atoms with Crippen molar-refractivity contribution in [3.8, 4) is 0 Å². The first-order valence-electron chi connectivity index (χ1n) is 6.39. The van der Waals surface area contributed by atoms with Crippen LogP contribution in [0.5, 0.6) is 0 Å². The van der Waals surface area contributed by atoms with Crippen molar-refractivity contribution in [1.29, 1.82) is 0 Å². The van der Waals surface area contributed by atoms with E-state index >= 15 is 0 Å². The van der Waals surface area contributed by atoms with Crippen LogP contribution < -0.4 is 5.32 Å². The van der Waals surface area contributed by atoms with Crippen LogP contribution in [0, 0.1) is 24.5 Å². The molecule has 1 saturated carbocycles. The third-order valence-electron chi connectivity index (χ3n) is 3.64. The van der Waals surface area contributed by atoms with Gasteiger partial charge in [-0.2, -0.15) is 0 Å². The van der Waals surface area contributed by atoms with Crippen molar-refractivity contribution in [2.45, 2.75) is 32.2 Å². The van der Waals surface area contributed by atoms with E-state index in [4.69, 9.17) is 5.11 Å². The molecule has 2 N–H and O–H groups in total. The Labute approximate surface area is 114 Å². The van der Waals surface area contributed by atoms with Crippen LogP contribution >= 0.6 is 0 Å². The van der Waals surface area contributed by atoms with Crippen LogP contribution in [-0.2, 0) is 4.79 Å². The Kier molecular flexibility index (Phi) is 4.01. The molecule has 1 aromatic rings. The van der Waals surface area contributed by atoms with Crippen LogP contribution in [0.4, 0.5) is 8.78 Å². The first-order chi connectivity index (χ1) is 9.40. The highest BCUT2D eigenvalue weighted by molar-refractivity contribution is 5.95. The van der Waals surface area contributed by atoms with E-state index in [1.54, 1.807) is 0 Å². The molecule has 2 unspecified atom stereocenters. The topological polar surface area (TPSA) is 66.4 Å². The molecule has 0 aromatic heterocycles. The molecule has 4 nitrogen and oxygen atoms in total. The van der Waals surface area contributed by atoms with Gasteiger partial charge in [-0.3, -0.25) is 9.59 Å². The average molecular weight is 283 g/mol. The number of amides is 1. The molecular weight excluding hydrogens is 268 g/mol. The van der Waals surface area contributed by atoms with Crippen LogP contribution in [-0.4, -0.2) is 23.0 Å². The third-order valence-corrected chi connectivity index (χ3v) is 3.64. The predicted octanol–water partition coefficient (Wildman–Crippen LogP) is 2.26. The van der Waals surface area contributed by atoms with Gasteiger partial charge in [-0.1, -0.05) is 6.42 Å². The Bertz CT molecular complexity index is 560. The van der Waals surface area contributed by atoms with Crippen molar-refractivity contribution in [2.24, 2.45) is 5.92 Å². The molecular formula is C14H15F2NO3. The lowest BCUT2D eigenvalue weighted by atomic mass is 10.0. The van der Waals surface area contributed by atoms with Gasteiger partial charge in [0.25, 0.3) is 5.91 Å². The SMILES string of the molecule is Cc1cc(C(=O)NC2CCCC2C(=O)O)c(F)cc1F. The van der Waals surface area contributed by atoms with E-state index in [0.717, 1.165) is 6.07 Å². The molecule has 0 radical (unpaired) electrons. The van der Waals surface area contributed by atoms with E-state index in [1.165, 1.54) is 6.92 Å². The smallest absolute Gasteiger partial charge is 0.308 e. The van der Waals surface area contributed by atoms with Gasteiger partial charge in [0.2, 0.25) is 0 Å². The lowest BCUT2D eigenvalue weighted by Crippen LogP contribution is -2.40. The van der Waals surface area contributed by atoms with E-state index in [9.17, 15) is 18.4 Å². The monoisotopic (exact) mass is 283 g/mol. The van der Waals surface area contributed by atoms with Crippen molar-refractivity contribution in [1.82, 2.24) is 5.32 Å². The molecule has 6 heteroatoms. The molecule has 0 saturated heterocycles. The molecule has 1 aromatic carbocycles. The van der Waals surface area contributed by atoms with Gasteiger partial charge in [-0.15, -0.1) is 0 Å². The number of aliphatic carboxylic acids is 1. The van der Waals surface area contributed by atoms with Gasteiger partial charge in [0, 0.05) is 12.1 Å². The van der Waals surface area contributed by atoms with Crippen LogP contribution in [0.1, 0.15) is 35.2 Å². The van der Waals surface area contributed by atoms with Gasteiger partial charge in [0.15, 0.2) is 0 Å². The Morgan fingerprint density at radius 2 is 1.95 bits per heavy atom. The molecule has 0 heterocycles. The fourth-order valence-corrected chi connectivity index (χ4v) is 2.51. The van der Waals surface area contributed by atoms with Gasteiger partial charge in [0.1, 0.15) is 11.6 Å². The number of aryl methyl sites for hydroxylation is 1. The molecule has 0 spiro atoms. The molecule has 1 aliphatic rings. The number of nitrogens with one attached hydrogen (secondary N) is 1. The summed E-state index contributed by atoms with van der Waals surface area (Å²) in [5.41, 5.74) is -0.0994. The number of hydrogen-bond acceptors (Lipinski definition) is 2. The molecule has 1 aliphatic carbocycles. The minimum atomic E-state index is -0.969. The van der Waals surface area contributed by atoms with Crippen LogP contribution in [0.15, 0.2) is 12.1 Å².